The maximum atomic E-state index is 13.2. The summed E-state index contributed by atoms with van der Waals surface area (Å²) in [5.41, 5.74) is 4.82. The second-order valence-corrected chi connectivity index (χ2v) is 10.3. The molecule has 3 N–H and O–H groups in total. The molecule has 0 saturated carbocycles. The molecule has 2 amide bonds. The fourth-order valence-electron chi connectivity index (χ4n) is 4.51. The summed E-state index contributed by atoms with van der Waals surface area (Å²) < 4.78 is 0. The number of piperazine rings is 1. The van der Waals surface area contributed by atoms with Crippen LogP contribution in [0.1, 0.15) is 34.2 Å². The van der Waals surface area contributed by atoms with E-state index in [1.165, 1.54) is 0 Å². The second-order valence-electron chi connectivity index (χ2n) is 8.88. The molecule has 1 aliphatic rings. The van der Waals surface area contributed by atoms with E-state index in [4.69, 9.17) is 16.6 Å². The zero-order chi connectivity index (χ0) is 25.2. The molecule has 0 aliphatic carbocycles. The van der Waals surface area contributed by atoms with Gasteiger partial charge in [-0.3, -0.25) is 14.6 Å². The van der Waals surface area contributed by atoms with Gasteiger partial charge in [0.25, 0.3) is 5.91 Å². The quantitative estimate of drug-likeness (QED) is 0.329. The normalized spacial score (nSPS) is 14.8. The van der Waals surface area contributed by atoms with Gasteiger partial charge in [-0.2, -0.15) is 11.8 Å². The third kappa shape index (κ3) is 4.99. The van der Waals surface area contributed by atoms with Gasteiger partial charge in [0.1, 0.15) is 5.82 Å². The van der Waals surface area contributed by atoms with E-state index >= 15 is 0 Å². The van der Waals surface area contributed by atoms with Crippen LogP contribution in [-0.2, 0) is 4.79 Å². The number of hydrogen-bond acceptors (Lipinski definition) is 6. The minimum Gasteiger partial charge on any atom is -0.375 e. The van der Waals surface area contributed by atoms with Crippen molar-refractivity contribution in [2.24, 2.45) is 0 Å². The van der Waals surface area contributed by atoms with E-state index in [0.717, 1.165) is 51.2 Å². The minimum atomic E-state index is -0.150. The highest BCUT2D eigenvalue weighted by Crippen LogP contribution is 2.31. The van der Waals surface area contributed by atoms with Gasteiger partial charge < -0.3 is 20.5 Å². The molecule has 3 heterocycles. The lowest BCUT2D eigenvalue weighted by molar-refractivity contribution is -0.123. The Morgan fingerprint density at radius 1 is 1.25 bits per heavy atom. The molecule has 10 heteroatoms. The molecule has 0 radical (unpaired) electrons. The Morgan fingerprint density at radius 2 is 2.11 bits per heavy atom. The number of fused-ring (bicyclic) bond motifs is 2. The molecule has 1 fully saturated rings. The standard InChI is InChI=1S/C26H27ClN6O2S/c1-15-11-18-19(5-7-28-22(18)13-17(15)26(35)33-9-8-29-24(34)14-33)30-21(6-10-36-2)25-31-20-4-3-16(27)12-23(20)32-25/h3-5,7,11-13,21H,6,8-10,14H2,1-2H3,(H,28,30)(H,29,34)(H,31,32). The van der Waals surface area contributed by atoms with Crippen LogP contribution in [0.25, 0.3) is 21.9 Å². The smallest absolute Gasteiger partial charge is 0.254 e. The van der Waals surface area contributed by atoms with Gasteiger partial charge in [0.2, 0.25) is 5.91 Å². The van der Waals surface area contributed by atoms with Crippen molar-refractivity contribution < 1.29 is 9.59 Å². The van der Waals surface area contributed by atoms with Crippen molar-refractivity contribution in [3.05, 3.63) is 64.6 Å². The van der Waals surface area contributed by atoms with Gasteiger partial charge >= 0.3 is 0 Å². The summed E-state index contributed by atoms with van der Waals surface area (Å²) in [6, 6.07) is 11.4. The van der Waals surface area contributed by atoms with Gasteiger partial charge in [0.15, 0.2) is 0 Å². The van der Waals surface area contributed by atoms with Gasteiger partial charge in [0.05, 0.1) is 29.1 Å². The lowest BCUT2D eigenvalue weighted by Gasteiger charge is -2.27. The van der Waals surface area contributed by atoms with Crippen molar-refractivity contribution in [2.75, 3.05) is 37.0 Å². The molecule has 8 nitrogen and oxygen atoms in total. The predicted molar refractivity (Wildman–Crippen MR) is 146 cm³/mol. The minimum absolute atomic E-state index is 0.0531. The highest BCUT2D eigenvalue weighted by atomic mass is 35.5. The number of hydrogen-bond donors (Lipinski definition) is 3. The molecule has 1 atom stereocenters. The Kier molecular flexibility index (Phi) is 7.02. The van der Waals surface area contributed by atoms with Crippen LogP contribution >= 0.6 is 23.4 Å². The third-order valence-corrected chi connectivity index (χ3v) is 7.26. The van der Waals surface area contributed by atoms with Crippen LogP contribution in [-0.4, -0.2) is 63.3 Å². The van der Waals surface area contributed by atoms with Gasteiger partial charge in [-0.15, -0.1) is 0 Å². The number of carbonyl (C=O) groups excluding carboxylic acids is 2. The molecule has 1 aliphatic heterocycles. The van der Waals surface area contributed by atoms with E-state index in [1.54, 1.807) is 22.9 Å². The van der Waals surface area contributed by atoms with Crippen molar-refractivity contribution in [3.8, 4) is 0 Å². The highest BCUT2D eigenvalue weighted by Gasteiger charge is 2.24. The van der Waals surface area contributed by atoms with Gasteiger partial charge in [-0.1, -0.05) is 11.6 Å². The lowest BCUT2D eigenvalue weighted by atomic mass is 10.0. The third-order valence-electron chi connectivity index (χ3n) is 6.38. The first-order chi connectivity index (χ1) is 17.4. The number of pyridine rings is 1. The molecular weight excluding hydrogens is 496 g/mol. The number of carbonyl (C=O) groups is 2. The molecule has 5 rings (SSSR count). The van der Waals surface area contributed by atoms with Crippen molar-refractivity contribution in [1.29, 1.82) is 0 Å². The number of rotatable bonds is 7. The number of imidazole rings is 1. The Hall–Kier alpha value is -3.30. The van der Waals surface area contributed by atoms with Gasteiger partial charge in [-0.05, 0) is 67.3 Å². The largest absolute Gasteiger partial charge is 0.375 e. The first-order valence-corrected chi connectivity index (χ1v) is 13.6. The van der Waals surface area contributed by atoms with Crippen LogP contribution in [0.4, 0.5) is 5.69 Å². The first-order valence-electron chi connectivity index (χ1n) is 11.8. The number of H-pyrrole nitrogens is 1. The summed E-state index contributed by atoms with van der Waals surface area (Å²) in [6.45, 7) is 2.96. The maximum Gasteiger partial charge on any atom is 0.254 e. The van der Waals surface area contributed by atoms with Crippen LogP contribution in [0.5, 0.6) is 0 Å². The molecule has 1 unspecified atom stereocenters. The zero-order valence-corrected chi connectivity index (χ0v) is 21.7. The van der Waals surface area contributed by atoms with E-state index in [-0.39, 0.29) is 24.4 Å². The number of anilines is 1. The van der Waals surface area contributed by atoms with E-state index in [2.05, 4.69) is 26.9 Å². The van der Waals surface area contributed by atoms with E-state index in [0.29, 0.717) is 23.7 Å². The molecule has 1 saturated heterocycles. The van der Waals surface area contributed by atoms with E-state index in [1.807, 2.05) is 43.3 Å². The van der Waals surface area contributed by atoms with Crippen LogP contribution in [0, 0.1) is 6.92 Å². The summed E-state index contributed by atoms with van der Waals surface area (Å²) in [6.07, 6.45) is 4.70. The number of nitrogens with one attached hydrogen (secondary N) is 3. The van der Waals surface area contributed by atoms with Gasteiger partial charge in [-0.25, -0.2) is 4.98 Å². The number of aryl methyl sites for hydroxylation is 1. The summed E-state index contributed by atoms with van der Waals surface area (Å²) in [5.74, 6) is 1.52. The number of halogens is 1. The fourth-order valence-corrected chi connectivity index (χ4v) is 5.15. The van der Waals surface area contributed by atoms with Crippen LogP contribution in [0.3, 0.4) is 0 Å². The average Bonchev–Trinajstić information content (AvgIpc) is 3.29. The monoisotopic (exact) mass is 522 g/mol. The zero-order valence-electron chi connectivity index (χ0n) is 20.1. The maximum absolute atomic E-state index is 13.2. The number of aromatic amines is 1. The SMILES string of the molecule is CSCCC(Nc1ccnc2cc(C(=O)N3CCNC(=O)C3)c(C)cc12)c1nc2ccc(Cl)cc2[nH]1. The molecular formula is C26H27ClN6O2S. The summed E-state index contributed by atoms with van der Waals surface area (Å²) in [7, 11) is 0. The predicted octanol–water partition coefficient (Wildman–Crippen LogP) is 4.55. The van der Waals surface area contributed by atoms with Crippen molar-refractivity contribution in [2.45, 2.75) is 19.4 Å². The topological polar surface area (TPSA) is 103 Å². The highest BCUT2D eigenvalue weighted by molar-refractivity contribution is 7.98. The molecule has 0 spiro atoms. The Morgan fingerprint density at radius 3 is 2.92 bits per heavy atom. The molecule has 2 aromatic heterocycles. The molecule has 0 bridgehead atoms. The van der Waals surface area contributed by atoms with Crippen molar-refractivity contribution >= 4 is 62.8 Å². The number of aromatic nitrogens is 3. The molecule has 4 aromatic rings. The Bertz CT molecular complexity index is 1460. The number of thioether (sulfide) groups is 1. The van der Waals surface area contributed by atoms with Crippen molar-refractivity contribution in [1.82, 2.24) is 25.2 Å². The first kappa shape index (κ1) is 24.4. The summed E-state index contributed by atoms with van der Waals surface area (Å²) in [4.78, 5) is 39.3. The molecule has 2 aromatic carbocycles. The Labute approximate surface area is 218 Å². The van der Waals surface area contributed by atoms with Crippen molar-refractivity contribution in [3.63, 3.8) is 0 Å². The number of nitrogens with zero attached hydrogens (tertiary/aromatic N) is 3. The number of amides is 2. The summed E-state index contributed by atoms with van der Waals surface area (Å²) in [5, 5.41) is 8.01. The number of benzene rings is 2. The molecule has 186 valence electrons. The summed E-state index contributed by atoms with van der Waals surface area (Å²) >= 11 is 7.96. The van der Waals surface area contributed by atoms with Crippen LogP contribution in [0.15, 0.2) is 42.6 Å². The Balaban J connectivity index is 1.48. The second kappa shape index (κ2) is 10.4. The average molecular weight is 523 g/mol. The van der Waals surface area contributed by atoms with E-state index < -0.39 is 0 Å². The van der Waals surface area contributed by atoms with Gasteiger partial charge in [0, 0.05) is 40.9 Å². The van der Waals surface area contributed by atoms with E-state index in [9.17, 15) is 9.59 Å². The fraction of sp³-hybridized carbons (Fsp3) is 0.308. The van der Waals surface area contributed by atoms with Crippen LogP contribution in [0.2, 0.25) is 5.02 Å². The lowest BCUT2D eigenvalue weighted by Crippen LogP contribution is -2.50. The van der Waals surface area contributed by atoms with Crippen LogP contribution < -0.4 is 10.6 Å². The molecule has 36 heavy (non-hydrogen) atoms.